The summed E-state index contributed by atoms with van der Waals surface area (Å²) in [5.74, 6) is 2.11. The van der Waals surface area contributed by atoms with Crippen LogP contribution in [0.1, 0.15) is 49.7 Å². The molecule has 0 radical (unpaired) electrons. The van der Waals surface area contributed by atoms with Gasteiger partial charge in [0.25, 0.3) is 0 Å². The molecule has 7 heteroatoms. The van der Waals surface area contributed by atoms with Gasteiger partial charge < -0.3 is 20.7 Å². The van der Waals surface area contributed by atoms with Gasteiger partial charge in [-0.25, -0.2) is 0 Å². The van der Waals surface area contributed by atoms with E-state index in [0.717, 1.165) is 68.8 Å². The minimum absolute atomic E-state index is 0. The molecule has 29 heavy (non-hydrogen) atoms. The van der Waals surface area contributed by atoms with E-state index in [1.165, 1.54) is 5.56 Å². The lowest BCUT2D eigenvalue weighted by molar-refractivity contribution is -0.126. The smallest absolute Gasteiger partial charge is 0.223 e. The van der Waals surface area contributed by atoms with Crippen LogP contribution < -0.4 is 20.7 Å². The molecule has 3 rings (SSSR count). The van der Waals surface area contributed by atoms with Crippen molar-refractivity contribution in [1.82, 2.24) is 16.0 Å². The lowest BCUT2D eigenvalue weighted by Gasteiger charge is -2.30. The minimum Gasteiger partial charge on any atom is -0.496 e. The Morgan fingerprint density at radius 2 is 1.97 bits per heavy atom. The van der Waals surface area contributed by atoms with E-state index < -0.39 is 0 Å². The molecule has 6 nitrogen and oxygen atoms in total. The van der Waals surface area contributed by atoms with E-state index >= 15 is 0 Å². The van der Waals surface area contributed by atoms with Gasteiger partial charge in [0.1, 0.15) is 5.75 Å². The van der Waals surface area contributed by atoms with Gasteiger partial charge in [0.15, 0.2) is 5.96 Å². The van der Waals surface area contributed by atoms with Crippen molar-refractivity contribution in [1.29, 1.82) is 0 Å². The van der Waals surface area contributed by atoms with Crippen molar-refractivity contribution in [3.05, 3.63) is 29.3 Å². The van der Waals surface area contributed by atoms with Gasteiger partial charge in [-0.1, -0.05) is 18.6 Å². The van der Waals surface area contributed by atoms with Crippen LogP contribution in [0.5, 0.6) is 5.75 Å². The highest BCUT2D eigenvalue weighted by Gasteiger charge is 2.31. The molecule has 0 spiro atoms. The van der Waals surface area contributed by atoms with Crippen molar-refractivity contribution in [2.24, 2.45) is 10.9 Å². The number of hydrogen-bond acceptors (Lipinski definition) is 3. The summed E-state index contributed by atoms with van der Waals surface area (Å²) in [5.41, 5.74) is 2.38. The molecule has 2 atom stereocenters. The summed E-state index contributed by atoms with van der Waals surface area (Å²) in [4.78, 5) is 16.7. The Morgan fingerprint density at radius 1 is 1.17 bits per heavy atom. The van der Waals surface area contributed by atoms with Crippen LogP contribution in [0.4, 0.5) is 0 Å². The molecular weight excluding hydrogens is 479 g/mol. The number of guanidine groups is 1. The Bertz CT molecular complexity index is 706. The first-order valence-corrected chi connectivity index (χ1v) is 10.5. The number of aryl methyl sites for hydroxylation is 1. The molecular formula is C22H35IN4O2. The number of nitrogens with one attached hydrogen (secondary N) is 3. The third kappa shape index (κ3) is 7.35. The summed E-state index contributed by atoms with van der Waals surface area (Å²) in [6.45, 7) is 2.85. The average molecular weight is 514 g/mol. The Balaban J connectivity index is 0.00000300. The second kappa shape index (κ2) is 11.6. The summed E-state index contributed by atoms with van der Waals surface area (Å²) in [5, 5.41) is 10.1. The largest absolute Gasteiger partial charge is 0.496 e. The van der Waals surface area contributed by atoms with E-state index in [1.54, 1.807) is 14.2 Å². The van der Waals surface area contributed by atoms with E-state index in [9.17, 15) is 4.79 Å². The van der Waals surface area contributed by atoms with Gasteiger partial charge in [0, 0.05) is 31.6 Å². The van der Waals surface area contributed by atoms with Gasteiger partial charge in [-0.15, -0.1) is 24.0 Å². The van der Waals surface area contributed by atoms with E-state index in [0.29, 0.717) is 12.1 Å². The Morgan fingerprint density at radius 3 is 2.66 bits per heavy atom. The van der Waals surface area contributed by atoms with Gasteiger partial charge in [0.05, 0.1) is 7.11 Å². The zero-order chi connectivity index (χ0) is 19.9. The molecule has 0 saturated heterocycles. The molecule has 2 aliphatic carbocycles. The van der Waals surface area contributed by atoms with Crippen LogP contribution in [0.25, 0.3) is 0 Å². The lowest BCUT2D eigenvalue weighted by Crippen LogP contribution is -2.47. The highest BCUT2D eigenvalue weighted by molar-refractivity contribution is 14.0. The van der Waals surface area contributed by atoms with Gasteiger partial charge in [-0.05, 0) is 62.6 Å². The molecule has 162 valence electrons. The monoisotopic (exact) mass is 514 g/mol. The number of methoxy groups -OCH3 is 1. The number of benzene rings is 1. The van der Waals surface area contributed by atoms with Crippen molar-refractivity contribution >= 4 is 35.8 Å². The summed E-state index contributed by atoms with van der Waals surface area (Å²) in [6.07, 6.45) is 7.23. The van der Waals surface area contributed by atoms with Crippen LogP contribution in [-0.4, -0.2) is 44.7 Å². The SMILES string of the molecule is CN=C(NCCc1ccc(C)c(OC)c1)NC1CCCC(C(=O)NC2CC2)C1.I. The Labute approximate surface area is 191 Å². The average Bonchev–Trinajstić information content (AvgIpc) is 3.52. The molecule has 2 fully saturated rings. The van der Waals surface area contributed by atoms with Crippen LogP contribution in [0.15, 0.2) is 23.2 Å². The zero-order valence-electron chi connectivity index (χ0n) is 17.8. The molecule has 0 heterocycles. The fourth-order valence-electron chi connectivity index (χ4n) is 3.84. The number of amides is 1. The lowest BCUT2D eigenvalue weighted by atomic mass is 9.85. The van der Waals surface area contributed by atoms with Gasteiger partial charge in [-0.3, -0.25) is 9.79 Å². The number of ether oxygens (including phenoxy) is 1. The molecule has 2 saturated carbocycles. The van der Waals surface area contributed by atoms with Gasteiger partial charge >= 0.3 is 0 Å². The molecule has 1 aromatic carbocycles. The Kier molecular flexibility index (Phi) is 9.52. The fraction of sp³-hybridized carbons (Fsp3) is 0.636. The molecule has 3 N–H and O–H groups in total. The van der Waals surface area contributed by atoms with E-state index in [1.807, 2.05) is 0 Å². The van der Waals surface area contributed by atoms with Crippen molar-refractivity contribution in [3.8, 4) is 5.75 Å². The fourth-order valence-corrected chi connectivity index (χ4v) is 3.84. The van der Waals surface area contributed by atoms with Crippen molar-refractivity contribution < 1.29 is 9.53 Å². The maximum Gasteiger partial charge on any atom is 0.223 e. The first-order chi connectivity index (χ1) is 13.6. The highest BCUT2D eigenvalue weighted by atomic mass is 127. The van der Waals surface area contributed by atoms with Gasteiger partial charge in [-0.2, -0.15) is 0 Å². The van der Waals surface area contributed by atoms with Crippen molar-refractivity contribution in [3.63, 3.8) is 0 Å². The molecule has 0 bridgehead atoms. The maximum atomic E-state index is 12.4. The second-order valence-corrected chi connectivity index (χ2v) is 8.04. The summed E-state index contributed by atoms with van der Waals surface area (Å²) >= 11 is 0. The molecule has 0 aromatic heterocycles. The third-order valence-electron chi connectivity index (χ3n) is 5.71. The van der Waals surface area contributed by atoms with Crippen LogP contribution >= 0.6 is 24.0 Å². The van der Waals surface area contributed by atoms with Crippen LogP contribution in [-0.2, 0) is 11.2 Å². The van der Waals surface area contributed by atoms with Crippen LogP contribution in [0, 0.1) is 12.8 Å². The topological polar surface area (TPSA) is 74.8 Å². The first-order valence-electron chi connectivity index (χ1n) is 10.5. The summed E-state index contributed by atoms with van der Waals surface area (Å²) in [6, 6.07) is 7.07. The van der Waals surface area contributed by atoms with Crippen molar-refractivity contribution in [2.45, 2.75) is 64.0 Å². The van der Waals surface area contributed by atoms with E-state index in [-0.39, 0.29) is 35.8 Å². The molecule has 2 aliphatic rings. The third-order valence-corrected chi connectivity index (χ3v) is 5.71. The highest BCUT2D eigenvalue weighted by Crippen LogP contribution is 2.26. The quantitative estimate of drug-likeness (QED) is 0.297. The Hall–Kier alpha value is -1.51. The molecule has 2 unspecified atom stereocenters. The van der Waals surface area contributed by atoms with E-state index in [2.05, 4.69) is 46.1 Å². The maximum absolute atomic E-state index is 12.4. The van der Waals surface area contributed by atoms with Gasteiger partial charge in [0.2, 0.25) is 5.91 Å². The number of rotatable bonds is 7. The summed E-state index contributed by atoms with van der Waals surface area (Å²) in [7, 11) is 3.50. The number of hydrogen-bond donors (Lipinski definition) is 3. The molecule has 0 aliphatic heterocycles. The summed E-state index contributed by atoms with van der Waals surface area (Å²) < 4.78 is 5.40. The normalized spacial score (nSPS) is 21.7. The number of halogens is 1. The molecule has 1 aromatic rings. The molecule has 1 amide bonds. The van der Waals surface area contributed by atoms with Crippen molar-refractivity contribution in [2.75, 3.05) is 20.7 Å². The van der Waals surface area contributed by atoms with Crippen LogP contribution in [0.2, 0.25) is 0 Å². The second-order valence-electron chi connectivity index (χ2n) is 8.04. The number of nitrogens with zero attached hydrogens (tertiary/aromatic N) is 1. The first kappa shape index (κ1) is 23.8. The predicted molar refractivity (Wildman–Crippen MR) is 128 cm³/mol. The van der Waals surface area contributed by atoms with Crippen LogP contribution in [0.3, 0.4) is 0 Å². The van der Waals surface area contributed by atoms with E-state index in [4.69, 9.17) is 4.74 Å². The number of carbonyl (C=O) groups is 1. The minimum atomic E-state index is 0. The number of carbonyl (C=O) groups excluding carboxylic acids is 1. The standard InChI is InChI=1S/C22H34N4O2.HI/c1-15-7-8-16(13-20(15)28-3)11-12-24-22(23-2)26-19-6-4-5-17(14-19)21(27)25-18-9-10-18;/h7-8,13,17-19H,4-6,9-12,14H2,1-3H3,(H,25,27)(H2,23,24,26);1H. The zero-order valence-corrected chi connectivity index (χ0v) is 20.1. The number of aliphatic imine (C=N–C) groups is 1. The predicted octanol–water partition coefficient (Wildman–Crippen LogP) is 3.17.